The van der Waals surface area contributed by atoms with Crippen molar-refractivity contribution in [1.82, 2.24) is 5.32 Å². The number of hydrogen-bond acceptors (Lipinski definition) is 3. The molecule has 0 aliphatic heterocycles. The smallest absolute Gasteiger partial charge is 0.322 e. The van der Waals surface area contributed by atoms with Crippen LogP contribution in [-0.4, -0.2) is 33.6 Å². The van der Waals surface area contributed by atoms with Crippen molar-refractivity contribution in [2.24, 2.45) is 0 Å². The molecular formula is C10H13FN2O3S. The number of urea groups is 1. The minimum absolute atomic E-state index is 0.0720. The molecule has 1 aromatic carbocycles. The van der Waals surface area contributed by atoms with Crippen molar-refractivity contribution in [2.75, 3.05) is 24.1 Å². The summed E-state index contributed by atoms with van der Waals surface area (Å²) in [5.74, 6) is -1.23. The van der Waals surface area contributed by atoms with Crippen molar-refractivity contribution >= 4 is 21.6 Å². The summed E-state index contributed by atoms with van der Waals surface area (Å²) in [5, 5.41) is 2.27. The van der Waals surface area contributed by atoms with Crippen LogP contribution in [0.5, 0.6) is 0 Å². The van der Waals surface area contributed by atoms with Crippen LogP contribution in [0.25, 0.3) is 0 Å². The number of nitrogens with one attached hydrogen (secondary N) is 1. The first-order chi connectivity index (χ1) is 7.85. The number of rotatable bonds is 3. The number of halogens is 1. The molecule has 0 saturated heterocycles. The van der Waals surface area contributed by atoms with E-state index in [0.717, 1.165) is 17.2 Å². The predicted molar refractivity (Wildman–Crippen MR) is 63.0 cm³/mol. The van der Waals surface area contributed by atoms with Crippen molar-refractivity contribution in [1.29, 1.82) is 0 Å². The zero-order valence-electron chi connectivity index (χ0n) is 9.47. The highest BCUT2D eigenvalue weighted by Crippen LogP contribution is 2.19. The number of benzene rings is 1. The van der Waals surface area contributed by atoms with Gasteiger partial charge in [0.2, 0.25) is 0 Å². The molecule has 0 radical (unpaired) electrons. The largest absolute Gasteiger partial charge is 0.341 e. The van der Waals surface area contributed by atoms with Crippen molar-refractivity contribution in [2.45, 2.75) is 0 Å². The average Bonchev–Trinajstić information content (AvgIpc) is 2.25. The summed E-state index contributed by atoms with van der Waals surface area (Å²) < 4.78 is 35.9. The van der Waals surface area contributed by atoms with Gasteiger partial charge in [-0.05, 0) is 12.1 Å². The molecule has 0 fully saturated rings. The Labute approximate surface area is 99.2 Å². The number of para-hydroxylation sites is 1. The molecule has 0 atom stereocenters. The van der Waals surface area contributed by atoms with Crippen molar-refractivity contribution in [3.05, 3.63) is 30.1 Å². The highest BCUT2D eigenvalue weighted by Gasteiger charge is 2.21. The highest BCUT2D eigenvalue weighted by atomic mass is 32.2. The van der Waals surface area contributed by atoms with Crippen molar-refractivity contribution < 1.29 is 17.6 Å². The molecule has 0 heterocycles. The third kappa shape index (κ3) is 3.70. The van der Waals surface area contributed by atoms with E-state index in [0.29, 0.717) is 0 Å². The Hall–Kier alpha value is -1.63. The Balaban J connectivity index is 3.16. The summed E-state index contributed by atoms with van der Waals surface area (Å²) in [6.45, 7) is 0. The van der Waals surface area contributed by atoms with Gasteiger partial charge in [-0.2, -0.15) is 0 Å². The molecule has 2 amide bonds. The van der Waals surface area contributed by atoms with E-state index < -0.39 is 27.6 Å². The fraction of sp³-hybridized carbons (Fsp3) is 0.300. The van der Waals surface area contributed by atoms with Crippen molar-refractivity contribution in [3.63, 3.8) is 0 Å². The molecule has 0 saturated carbocycles. The maximum absolute atomic E-state index is 13.5. The standard InChI is InChI=1S/C10H13FN2O3S/c1-12-10(14)13(7-17(2,15)16)9-6-4-3-5-8(9)11/h3-6H,7H2,1-2H3,(H,12,14). The van der Waals surface area contributed by atoms with Crippen LogP contribution in [0, 0.1) is 5.82 Å². The molecule has 1 N–H and O–H groups in total. The van der Waals surface area contributed by atoms with Gasteiger partial charge in [-0.3, -0.25) is 4.90 Å². The fourth-order valence-corrected chi connectivity index (χ4v) is 2.00. The minimum atomic E-state index is -3.44. The average molecular weight is 260 g/mol. The first-order valence-electron chi connectivity index (χ1n) is 4.76. The van der Waals surface area contributed by atoms with E-state index in [1.54, 1.807) is 0 Å². The summed E-state index contributed by atoms with van der Waals surface area (Å²) in [6, 6.07) is 4.81. The first-order valence-corrected chi connectivity index (χ1v) is 6.82. The molecular weight excluding hydrogens is 247 g/mol. The monoisotopic (exact) mass is 260 g/mol. The highest BCUT2D eigenvalue weighted by molar-refractivity contribution is 7.90. The topological polar surface area (TPSA) is 66.5 Å². The maximum Gasteiger partial charge on any atom is 0.322 e. The van der Waals surface area contributed by atoms with Crippen molar-refractivity contribution in [3.8, 4) is 0 Å². The molecule has 7 heteroatoms. The van der Waals surface area contributed by atoms with Crippen LogP contribution in [0.15, 0.2) is 24.3 Å². The Kier molecular flexibility index (Phi) is 4.06. The summed E-state index contributed by atoms with van der Waals surface area (Å²) in [4.78, 5) is 12.4. The molecule has 0 aliphatic carbocycles. The Morgan fingerprint density at radius 1 is 1.41 bits per heavy atom. The second kappa shape index (κ2) is 5.13. The number of nitrogens with zero attached hydrogens (tertiary/aromatic N) is 1. The lowest BCUT2D eigenvalue weighted by Gasteiger charge is -2.21. The fourth-order valence-electron chi connectivity index (χ4n) is 1.28. The van der Waals surface area contributed by atoms with Crippen LogP contribution in [0.2, 0.25) is 0 Å². The number of amides is 2. The van der Waals surface area contributed by atoms with Gasteiger partial charge in [-0.15, -0.1) is 0 Å². The van der Waals surface area contributed by atoms with E-state index in [1.807, 2.05) is 0 Å². The van der Waals surface area contributed by atoms with E-state index in [9.17, 15) is 17.6 Å². The van der Waals surface area contributed by atoms with Crippen LogP contribution < -0.4 is 10.2 Å². The molecule has 1 rings (SSSR count). The normalized spacial score (nSPS) is 11.0. The molecule has 0 aromatic heterocycles. The summed E-state index contributed by atoms with van der Waals surface area (Å²) >= 11 is 0. The molecule has 1 aromatic rings. The Bertz CT molecular complexity index is 516. The summed E-state index contributed by atoms with van der Waals surface area (Å²) in [6.07, 6.45) is 0.976. The lowest BCUT2D eigenvalue weighted by molar-refractivity contribution is 0.249. The number of hydrogen-bond donors (Lipinski definition) is 1. The van der Waals surface area contributed by atoms with E-state index in [4.69, 9.17) is 0 Å². The van der Waals surface area contributed by atoms with E-state index in [-0.39, 0.29) is 5.69 Å². The van der Waals surface area contributed by atoms with E-state index in [1.165, 1.54) is 25.2 Å². The summed E-state index contributed by atoms with van der Waals surface area (Å²) in [7, 11) is -2.10. The van der Waals surface area contributed by atoms with Crippen LogP contribution in [0.3, 0.4) is 0 Å². The van der Waals surface area contributed by atoms with Gasteiger partial charge in [-0.25, -0.2) is 17.6 Å². The van der Waals surface area contributed by atoms with Gasteiger partial charge in [0.15, 0.2) is 9.84 Å². The van der Waals surface area contributed by atoms with Crippen LogP contribution in [-0.2, 0) is 9.84 Å². The third-order valence-electron chi connectivity index (χ3n) is 1.97. The molecule has 0 bridgehead atoms. The first kappa shape index (κ1) is 13.4. The van der Waals surface area contributed by atoms with E-state index in [2.05, 4.69) is 5.32 Å². The van der Waals surface area contributed by atoms with Gasteiger partial charge >= 0.3 is 6.03 Å². The molecule has 94 valence electrons. The van der Waals surface area contributed by atoms with Gasteiger partial charge < -0.3 is 5.32 Å². The maximum atomic E-state index is 13.5. The quantitative estimate of drug-likeness (QED) is 0.880. The number of anilines is 1. The Morgan fingerprint density at radius 3 is 2.47 bits per heavy atom. The second-order valence-corrected chi connectivity index (χ2v) is 5.60. The van der Waals surface area contributed by atoms with Gasteiger partial charge in [0.25, 0.3) is 0 Å². The molecule has 17 heavy (non-hydrogen) atoms. The number of carbonyl (C=O) groups excluding carboxylic acids is 1. The van der Waals surface area contributed by atoms with Gasteiger partial charge in [-0.1, -0.05) is 12.1 Å². The minimum Gasteiger partial charge on any atom is -0.341 e. The molecule has 0 unspecified atom stereocenters. The molecule has 0 spiro atoms. The van der Waals surface area contributed by atoms with E-state index >= 15 is 0 Å². The lowest BCUT2D eigenvalue weighted by Crippen LogP contribution is -2.41. The van der Waals surface area contributed by atoms with Crippen LogP contribution >= 0.6 is 0 Å². The SMILES string of the molecule is CNC(=O)N(CS(C)(=O)=O)c1ccccc1F. The zero-order valence-corrected chi connectivity index (χ0v) is 10.3. The lowest BCUT2D eigenvalue weighted by atomic mass is 10.3. The number of carbonyl (C=O) groups is 1. The Morgan fingerprint density at radius 2 is 2.00 bits per heavy atom. The van der Waals surface area contributed by atoms with Gasteiger partial charge in [0, 0.05) is 13.3 Å². The second-order valence-electron chi connectivity index (χ2n) is 3.49. The molecule has 0 aliphatic rings. The molecule has 5 nitrogen and oxygen atoms in total. The van der Waals surface area contributed by atoms with Crippen LogP contribution in [0.4, 0.5) is 14.9 Å². The predicted octanol–water partition coefficient (Wildman–Crippen LogP) is 0.974. The van der Waals surface area contributed by atoms with Gasteiger partial charge in [0.1, 0.15) is 11.7 Å². The van der Waals surface area contributed by atoms with Crippen LogP contribution in [0.1, 0.15) is 0 Å². The summed E-state index contributed by atoms with van der Waals surface area (Å²) in [5.41, 5.74) is -0.0720. The third-order valence-corrected chi connectivity index (χ3v) is 2.69. The number of sulfone groups is 1. The van der Waals surface area contributed by atoms with Gasteiger partial charge in [0.05, 0.1) is 5.69 Å². The zero-order chi connectivity index (χ0) is 13.1.